The third-order valence-electron chi connectivity index (χ3n) is 3.21. The molecule has 1 aliphatic rings. The van der Waals surface area contributed by atoms with Gasteiger partial charge in [-0.1, -0.05) is 13.0 Å². The number of nitrogens with zero attached hydrogens (tertiary/aromatic N) is 3. The number of benzene rings is 1. The monoisotopic (exact) mass is 272 g/mol. The lowest BCUT2D eigenvalue weighted by atomic mass is 9.89. The zero-order valence-corrected chi connectivity index (χ0v) is 11.1. The van der Waals surface area contributed by atoms with Gasteiger partial charge >= 0.3 is 0 Å². The normalized spacial score (nSPS) is 21.9. The maximum absolute atomic E-state index is 10.7. The number of nitrogens with two attached hydrogens (primary N) is 1. The highest BCUT2D eigenvalue weighted by Gasteiger charge is 2.21. The van der Waals surface area contributed by atoms with E-state index < -0.39 is 0 Å². The summed E-state index contributed by atoms with van der Waals surface area (Å²) in [5.74, 6) is 0.210. The fourth-order valence-corrected chi connectivity index (χ4v) is 1.95. The highest BCUT2D eigenvalue weighted by atomic mass is 16.6. The van der Waals surface area contributed by atoms with E-state index in [0.717, 1.165) is 5.69 Å². The van der Waals surface area contributed by atoms with Crippen molar-refractivity contribution in [3.05, 3.63) is 58.3 Å². The molecular formula is C14H16N4O2. The van der Waals surface area contributed by atoms with Crippen LogP contribution in [-0.4, -0.2) is 11.5 Å². The van der Waals surface area contributed by atoms with Gasteiger partial charge in [-0.3, -0.25) is 10.1 Å². The Balaban J connectivity index is 1.94. The molecule has 0 saturated heterocycles. The molecule has 0 spiro atoms. The van der Waals surface area contributed by atoms with Gasteiger partial charge in [0.25, 0.3) is 5.70 Å². The van der Waals surface area contributed by atoms with E-state index in [9.17, 15) is 10.1 Å². The summed E-state index contributed by atoms with van der Waals surface area (Å²) in [5.41, 5.74) is 7.16. The van der Waals surface area contributed by atoms with Crippen molar-refractivity contribution in [2.24, 2.45) is 22.1 Å². The Labute approximate surface area is 116 Å². The van der Waals surface area contributed by atoms with Crippen LogP contribution in [0.1, 0.15) is 6.92 Å². The van der Waals surface area contributed by atoms with Crippen molar-refractivity contribution < 1.29 is 4.92 Å². The predicted molar refractivity (Wildman–Crippen MR) is 77.1 cm³/mol. The van der Waals surface area contributed by atoms with Gasteiger partial charge in [0, 0.05) is 17.7 Å². The van der Waals surface area contributed by atoms with Crippen molar-refractivity contribution in [2.75, 3.05) is 12.3 Å². The summed E-state index contributed by atoms with van der Waals surface area (Å²) >= 11 is 0. The van der Waals surface area contributed by atoms with E-state index in [1.165, 1.54) is 6.08 Å². The van der Waals surface area contributed by atoms with E-state index >= 15 is 0 Å². The van der Waals surface area contributed by atoms with Crippen molar-refractivity contribution in [1.29, 1.82) is 0 Å². The predicted octanol–water partition coefficient (Wildman–Crippen LogP) is 3.34. The smallest absolute Gasteiger partial charge is 0.265 e. The first-order valence-corrected chi connectivity index (χ1v) is 6.33. The maximum atomic E-state index is 10.7. The van der Waals surface area contributed by atoms with Crippen LogP contribution < -0.4 is 5.73 Å². The average Bonchev–Trinajstić information content (AvgIpc) is 2.42. The van der Waals surface area contributed by atoms with Gasteiger partial charge in [-0.25, -0.2) is 0 Å². The molecule has 1 aromatic rings. The van der Waals surface area contributed by atoms with Gasteiger partial charge in [-0.05, 0) is 36.3 Å². The standard InChI is InChI=1S/C14H16N4O2/c1-10-8-14(18(19)20)7-2-11(10)9-16-17-13-5-3-12(15)4-6-13/h2-8,10-11H,9,15H2,1H3. The van der Waals surface area contributed by atoms with E-state index in [2.05, 4.69) is 10.2 Å². The number of nitro groups is 1. The van der Waals surface area contributed by atoms with Gasteiger partial charge in [-0.2, -0.15) is 10.2 Å². The van der Waals surface area contributed by atoms with Gasteiger partial charge in [0.2, 0.25) is 0 Å². The summed E-state index contributed by atoms with van der Waals surface area (Å²) < 4.78 is 0. The fourth-order valence-electron chi connectivity index (χ4n) is 1.95. The molecule has 0 aliphatic heterocycles. The first kappa shape index (κ1) is 13.9. The van der Waals surface area contributed by atoms with Gasteiger partial charge in [0.05, 0.1) is 17.2 Å². The number of allylic oxidation sites excluding steroid dienone is 2. The minimum Gasteiger partial charge on any atom is -0.399 e. The van der Waals surface area contributed by atoms with Crippen molar-refractivity contribution in [1.82, 2.24) is 0 Å². The Hall–Kier alpha value is -2.50. The van der Waals surface area contributed by atoms with Gasteiger partial charge in [0.1, 0.15) is 0 Å². The van der Waals surface area contributed by atoms with Gasteiger partial charge < -0.3 is 5.73 Å². The SMILES string of the molecule is CC1C=C([N+](=O)[O-])C=CC1CN=Nc1ccc(N)cc1. The van der Waals surface area contributed by atoms with E-state index in [4.69, 9.17) is 5.73 Å². The molecule has 2 rings (SSSR count). The topological polar surface area (TPSA) is 93.9 Å². The molecule has 0 heterocycles. The Morgan fingerprint density at radius 1 is 1.35 bits per heavy atom. The zero-order valence-electron chi connectivity index (χ0n) is 11.1. The Morgan fingerprint density at radius 3 is 2.65 bits per heavy atom. The second-order valence-electron chi connectivity index (χ2n) is 4.75. The molecule has 0 saturated carbocycles. The molecule has 20 heavy (non-hydrogen) atoms. The molecule has 6 heteroatoms. The first-order chi connectivity index (χ1) is 9.56. The molecule has 0 aromatic heterocycles. The average molecular weight is 272 g/mol. The molecule has 2 unspecified atom stereocenters. The summed E-state index contributed by atoms with van der Waals surface area (Å²) in [5, 5.41) is 18.9. The van der Waals surface area contributed by atoms with E-state index in [0.29, 0.717) is 12.2 Å². The molecule has 0 fully saturated rings. The summed E-state index contributed by atoms with van der Waals surface area (Å²) in [7, 11) is 0. The van der Waals surface area contributed by atoms with E-state index in [1.807, 2.05) is 13.0 Å². The summed E-state index contributed by atoms with van der Waals surface area (Å²) in [6, 6.07) is 7.13. The number of nitrogen functional groups attached to an aromatic ring is 1. The molecular weight excluding hydrogens is 256 g/mol. The zero-order chi connectivity index (χ0) is 14.5. The second-order valence-corrected chi connectivity index (χ2v) is 4.75. The lowest BCUT2D eigenvalue weighted by molar-refractivity contribution is -0.419. The van der Waals surface area contributed by atoms with Crippen LogP contribution in [0.2, 0.25) is 0 Å². The fraction of sp³-hybridized carbons (Fsp3) is 0.286. The molecule has 1 aromatic carbocycles. The van der Waals surface area contributed by atoms with Crippen LogP contribution in [0.25, 0.3) is 0 Å². The molecule has 2 atom stereocenters. The maximum Gasteiger partial charge on any atom is 0.265 e. The number of rotatable bonds is 4. The lowest BCUT2D eigenvalue weighted by Crippen LogP contribution is -2.16. The third-order valence-corrected chi connectivity index (χ3v) is 3.21. The van der Waals surface area contributed by atoms with Gasteiger partial charge in [0.15, 0.2) is 0 Å². The Kier molecular flexibility index (Phi) is 4.24. The highest BCUT2D eigenvalue weighted by molar-refractivity contribution is 5.47. The molecule has 0 radical (unpaired) electrons. The lowest BCUT2D eigenvalue weighted by Gasteiger charge is -2.17. The van der Waals surface area contributed by atoms with Crippen LogP contribution in [0.5, 0.6) is 0 Å². The highest BCUT2D eigenvalue weighted by Crippen LogP contribution is 2.24. The van der Waals surface area contributed by atoms with Crippen molar-refractivity contribution in [2.45, 2.75) is 6.92 Å². The summed E-state index contributed by atoms with van der Waals surface area (Å²) in [6.45, 7) is 2.44. The molecule has 0 bridgehead atoms. The van der Waals surface area contributed by atoms with Crippen molar-refractivity contribution >= 4 is 11.4 Å². The summed E-state index contributed by atoms with van der Waals surface area (Å²) in [4.78, 5) is 10.3. The van der Waals surface area contributed by atoms with Crippen LogP contribution in [0.4, 0.5) is 11.4 Å². The minimum absolute atomic E-state index is 0.0748. The summed E-state index contributed by atoms with van der Waals surface area (Å²) in [6.07, 6.45) is 5.01. The number of hydrogen-bond acceptors (Lipinski definition) is 5. The third kappa shape index (κ3) is 3.50. The van der Waals surface area contributed by atoms with Crippen LogP contribution in [0.15, 0.2) is 58.4 Å². The Morgan fingerprint density at radius 2 is 2.05 bits per heavy atom. The van der Waals surface area contributed by atoms with Crippen molar-refractivity contribution in [3.63, 3.8) is 0 Å². The minimum atomic E-state index is -0.376. The van der Waals surface area contributed by atoms with Crippen LogP contribution in [-0.2, 0) is 0 Å². The van der Waals surface area contributed by atoms with E-state index in [-0.39, 0.29) is 22.5 Å². The largest absolute Gasteiger partial charge is 0.399 e. The molecule has 1 aliphatic carbocycles. The van der Waals surface area contributed by atoms with Crippen molar-refractivity contribution in [3.8, 4) is 0 Å². The number of hydrogen-bond donors (Lipinski definition) is 1. The Bertz CT molecular complexity index is 575. The van der Waals surface area contributed by atoms with Crippen LogP contribution in [0.3, 0.4) is 0 Å². The van der Waals surface area contributed by atoms with E-state index in [1.54, 1.807) is 30.3 Å². The number of azo groups is 1. The van der Waals surface area contributed by atoms with Crippen LogP contribution in [0, 0.1) is 22.0 Å². The molecule has 104 valence electrons. The number of anilines is 1. The molecule has 6 nitrogen and oxygen atoms in total. The van der Waals surface area contributed by atoms with Crippen LogP contribution >= 0.6 is 0 Å². The second kappa shape index (κ2) is 6.10. The molecule has 0 amide bonds. The van der Waals surface area contributed by atoms with Gasteiger partial charge in [-0.15, -0.1) is 0 Å². The molecule has 2 N–H and O–H groups in total. The first-order valence-electron chi connectivity index (χ1n) is 6.33. The quantitative estimate of drug-likeness (QED) is 0.394.